The molecule has 0 bridgehead atoms. The molecule has 0 unspecified atom stereocenters. The lowest BCUT2D eigenvalue weighted by Gasteiger charge is -2.46. The highest BCUT2D eigenvalue weighted by Gasteiger charge is 2.44. The number of aromatic nitrogens is 1. The molecule has 8 nitrogen and oxygen atoms in total. The Hall–Kier alpha value is -3.30. The van der Waals surface area contributed by atoms with Gasteiger partial charge in [-0.3, -0.25) is 4.79 Å². The van der Waals surface area contributed by atoms with Crippen molar-refractivity contribution in [2.24, 2.45) is 0 Å². The van der Waals surface area contributed by atoms with E-state index in [1.165, 1.54) is 0 Å². The number of nitrogens with zero attached hydrogens (tertiary/aromatic N) is 3. The van der Waals surface area contributed by atoms with Crippen molar-refractivity contribution in [3.63, 3.8) is 0 Å². The van der Waals surface area contributed by atoms with E-state index in [1.54, 1.807) is 41.6 Å². The zero-order valence-corrected chi connectivity index (χ0v) is 19.9. The molecule has 2 aromatic carbocycles. The second-order valence-corrected chi connectivity index (χ2v) is 11.1. The average molecular weight is 479 g/mol. The molecular formula is C25H26N4O4S. The van der Waals surface area contributed by atoms with Crippen LogP contribution >= 0.6 is 0 Å². The van der Waals surface area contributed by atoms with E-state index in [1.807, 2.05) is 24.3 Å². The molecule has 1 saturated heterocycles. The number of amides is 1. The van der Waals surface area contributed by atoms with Crippen LogP contribution in [0, 0.1) is 0 Å². The molecule has 3 aliphatic rings. The van der Waals surface area contributed by atoms with Gasteiger partial charge in [0.15, 0.2) is 0 Å². The smallest absolute Gasteiger partial charge is 0.243 e. The van der Waals surface area contributed by atoms with Crippen LogP contribution in [0.25, 0.3) is 5.69 Å². The summed E-state index contributed by atoms with van der Waals surface area (Å²) in [5.41, 5.74) is 4.36. The Morgan fingerprint density at radius 1 is 1.03 bits per heavy atom. The predicted octanol–water partition coefficient (Wildman–Crippen LogP) is 3.11. The Morgan fingerprint density at radius 3 is 2.56 bits per heavy atom. The number of piperidine rings is 1. The van der Waals surface area contributed by atoms with Crippen LogP contribution in [-0.2, 0) is 26.8 Å². The summed E-state index contributed by atoms with van der Waals surface area (Å²) >= 11 is 0. The summed E-state index contributed by atoms with van der Waals surface area (Å²) in [5.74, 6) is 0.755. The zero-order valence-electron chi connectivity index (χ0n) is 19.1. The van der Waals surface area contributed by atoms with E-state index in [0.29, 0.717) is 25.9 Å². The first-order chi connectivity index (χ1) is 16.3. The highest BCUT2D eigenvalue weighted by Crippen LogP contribution is 2.45. The van der Waals surface area contributed by atoms with Crippen molar-refractivity contribution >= 4 is 27.3 Å². The molecule has 1 aromatic heterocycles. The van der Waals surface area contributed by atoms with Crippen molar-refractivity contribution in [2.75, 3.05) is 37.5 Å². The van der Waals surface area contributed by atoms with Crippen molar-refractivity contribution in [1.82, 2.24) is 8.87 Å². The van der Waals surface area contributed by atoms with Gasteiger partial charge in [0.25, 0.3) is 0 Å². The molecule has 176 valence electrons. The SMILES string of the molecule is COc1ccc2c(c1)NC1(CCN(S(=O)(=O)c3ccc4c(c3)CC(=O)N4C)CC1)c1cccn1-2. The van der Waals surface area contributed by atoms with E-state index in [9.17, 15) is 13.2 Å². The number of hydrogen-bond acceptors (Lipinski definition) is 5. The summed E-state index contributed by atoms with van der Waals surface area (Å²) in [6.07, 6.45) is 3.56. The maximum atomic E-state index is 13.5. The zero-order chi connectivity index (χ0) is 23.7. The second kappa shape index (κ2) is 7.35. The Bertz CT molecular complexity index is 1420. The van der Waals surface area contributed by atoms with Crippen LogP contribution in [0.1, 0.15) is 24.1 Å². The fraction of sp³-hybridized carbons (Fsp3) is 0.320. The minimum absolute atomic E-state index is 0.0206. The van der Waals surface area contributed by atoms with Crippen LogP contribution in [0.15, 0.2) is 59.6 Å². The van der Waals surface area contributed by atoms with Gasteiger partial charge < -0.3 is 19.5 Å². The molecule has 6 rings (SSSR count). The first-order valence-electron chi connectivity index (χ1n) is 11.4. The molecular weight excluding hydrogens is 452 g/mol. The van der Waals surface area contributed by atoms with Gasteiger partial charge in [0.2, 0.25) is 15.9 Å². The third-order valence-corrected chi connectivity index (χ3v) is 9.31. The van der Waals surface area contributed by atoms with E-state index in [2.05, 4.69) is 22.1 Å². The molecule has 4 heterocycles. The normalized spacial score (nSPS) is 18.9. The van der Waals surface area contributed by atoms with Crippen molar-refractivity contribution in [3.8, 4) is 11.4 Å². The first-order valence-corrected chi connectivity index (χ1v) is 12.8. The lowest BCUT2D eigenvalue weighted by atomic mass is 9.83. The number of rotatable bonds is 3. The fourth-order valence-electron chi connectivity index (χ4n) is 5.50. The maximum Gasteiger partial charge on any atom is 0.243 e. The van der Waals surface area contributed by atoms with Gasteiger partial charge in [0.05, 0.1) is 35.3 Å². The van der Waals surface area contributed by atoms with Gasteiger partial charge in [-0.2, -0.15) is 4.31 Å². The maximum absolute atomic E-state index is 13.5. The Labute approximate surface area is 198 Å². The largest absolute Gasteiger partial charge is 0.497 e. The van der Waals surface area contributed by atoms with Crippen LogP contribution in [0.2, 0.25) is 0 Å². The fourth-order valence-corrected chi connectivity index (χ4v) is 6.99. The molecule has 0 radical (unpaired) electrons. The number of carbonyl (C=O) groups excluding carboxylic acids is 1. The number of likely N-dealkylation sites (N-methyl/N-ethyl adjacent to an activating group) is 1. The van der Waals surface area contributed by atoms with Crippen LogP contribution in [0.3, 0.4) is 0 Å². The molecule has 3 aromatic rings. The van der Waals surface area contributed by atoms with Gasteiger partial charge in [-0.05, 0) is 60.9 Å². The predicted molar refractivity (Wildman–Crippen MR) is 129 cm³/mol. The second-order valence-electron chi connectivity index (χ2n) is 9.18. The molecule has 0 atom stereocenters. The summed E-state index contributed by atoms with van der Waals surface area (Å²) in [7, 11) is -0.294. The third-order valence-electron chi connectivity index (χ3n) is 7.42. The molecule has 1 N–H and O–H groups in total. The van der Waals surface area contributed by atoms with Gasteiger partial charge in [0, 0.05) is 43.8 Å². The number of ether oxygens (including phenoxy) is 1. The van der Waals surface area contributed by atoms with Gasteiger partial charge in [-0.15, -0.1) is 0 Å². The molecule has 1 amide bonds. The van der Waals surface area contributed by atoms with Gasteiger partial charge in [-0.1, -0.05) is 0 Å². The lowest BCUT2D eigenvalue weighted by Crippen LogP contribution is -2.51. The number of benzene rings is 2. The number of carbonyl (C=O) groups is 1. The molecule has 0 saturated carbocycles. The number of sulfonamides is 1. The van der Waals surface area contributed by atoms with Crippen molar-refractivity contribution in [2.45, 2.75) is 29.7 Å². The summed E-state index contributed by atoms with van der Waals surface area (Å²) in [6, 6.07) is 15.1. The number of nitrogens with one attached hydrogen (secondary N) is 1. The number of anilines is 2. The molecule has 34 heavy (non-hydrogen) atoms. The molecule has 3 aliphatic heterocycles. The Balaban J connectivity index is 1.28. The minimum Gasteiger partial charge on any atom is -0.497 e. The average Bonchev–Trinajstić information content (AvgIpc) is 3.45. The van der Waals surface area contributed by atoms with Gasteiger partial charge >= 0.3 is 0 Å². The van der Waals surface area contributed by atoms with Crippen molar-refractivity contribution in [3.05, 3.63) is 66.0 Å². The highest BCUT2D eigenvalue weighted by atomic mass is 32.2. The van der Waals surface area contributed by atoms with Gasteiger partial charge in [-0.25, -0.2) is 8.42 Å². The lowest BCUT2D eigenvalue weighted by molar-refractivity contribution is -0.117. The van der Waals surface area contributed by atoms with Crippen LogP contribution in [0.4, 0.5) is 11.4 Å². The van der Waals surface area contributed by atoms with Crippen LogP contribution in [0.5, 0.6) is 5.75 Å². The number of fused-ring (bicyclic) bond motifs is 5. The monoisotopic (exact) mass is 478 g/mol. The van der Waals surface area contributed by atoms with E-state index >= 15 is 0 Å². The first kappa shape index (κ1) is 21.2. The number of methoxy groups -OCH3 is 1. The van der Waals surface area contributed by atoms with E-state index in [-0.39, 0.29) is 22.8 Å². The number of hydrogen-bond donors (Lipinski definition) is 1. The van der Waals surface area contributed by atoms with Crippen LogP contribution < -0.4 is 15.0 Å². The van der Waals surface area contributed by atoms with Gasteiger partial charge in [0.1, 0.15) is 5.75 Å². The summed E-state index contributed by atoms with van der Waals surface area (Å²) < 4.78 is 36.1. The van der Waals surface area contributed by atoms with Crippen molar-refractivity contribution < 1.29 is 17.9 Å². The molecule has 9 heteroatoms. The van der Waals surface area contributed by atoms with Crippen LogP contribution in [-0.4, -0.2) is 50.4 Å². The Kier molecular flexibility index (Phi) is 4.59. The summed E-state index contributed by atoms with van der Waals surface area (Å²) in [5, 5.41) is 3.72. The molecule has 1 spiro atoms. The molecule has 1 fully saturated rings. The summed E-state index contributed by atoms with van der Waals surface area (Å²) in [6.45, 7) is 0.797. The highest BCUT2D eigenvalue weighted by molar-refractivity contribution is 7.89. The molecule has 0 aliphatic carbocycles. The standard InChI is InChI=1S/C25H26N4O4S/c1-27-21-8-6-19(14-17(21)15-24(27)30)34(31,32)28-12-9-25(10-13-28)23-4-3-11-29(23)22-7-5-18(33-2)16-20(22)26-25/h3-8,11,14,16,26H,9-10,12-13,15H2,1-2H3. The topological polar surface area (TPSA) is 83.9 Å². The van der Waals surface area contributed by atoms with E-state index in [0.717, 1.165) is 34.1 Å². The van der Waals surface area contributed by atoms with E-state index < -0.39 is 10.0 Å². The quantitative estimate of drug-likeness (QED) is 0.626. The van der Waals surface area contributed by atoms with Crippen molar-refractivity contribution in [1.29, 1.82) is 0 Å². The third kappa shape index (κ3) is 3.00. The Morgan fingerprint density at radius 2 is 1.79 bits per heavy atom. The minimum atomic E-state index is -3.66. The van der Waals surface area contributed by atoms with E-state index in [4.69, 9.17) is 4.74 Å². The summed E-state index contributed by atoms with van der Waals surface area (Å²) in [4.78, 5) is 13.8.